The van der Waals surface area contributed by atoms with E-state index in [9.17, 15) is 4.79 Å². The SMILES string of the molecule is Cn1cc([C@@H]2CCCN2C(=O)c2cnc(-c3ccccn3)s2)cn1. The Hall–Kier alpha value is -2.54. The van der Waals surface area contributed by atoms with E-state index in [-0.39, 0.29) is 11.9 Å². The number of aryl methyl sites for hydroxylation is 1. The third-order valence-electron chi connectivity index (χ3n) is 4.22. The smallest absolute Gasteiger partial charge is 0.266 e. The van der Waals surface area contributed by atoms with E-state index < -0.39 is 0 Å². The standard InChI is InChI=1S/C17H17N5OS/c1-21-11-12(9-20-21)14-6-4-8-22(14)17(23)15-10-19-16(24-15)13-5-2-3-7-18-13/h2-3,5,7,9-11,14H,4,6,8H2,1H3/t14-/m0/s1. The molecule has 6 nitrogen and oxygen atoms in total. The maximum atomic E-state index is 12.9. The zero-order valence-corrected chi connectivity index (χ0v) is 14.1. The third kappa shape index (κ3) is 2.71. The summed E-state index contributed by atoms with van der Waals surface area (Å²) in [5, 5.41) is 5.01. The van der Waals surface area contributed by atoms with Gasteiger partial charge in [-0.15, -0.1) is 11.3 Å². The topological polar surface area (TPSA) is 63.9 Å². The summed E-state index contributed by atoms with van der Waals surface area (Å²) in [5.74, 6) is 0.0426. The van der Waals surface area contributed by atoms with Crippen molar-refractivity contribution in [2.75, 3.05) is 6.54 Å². The number of thiazole rings is 1. The summed E-state index contributed by atoms with van der Waals surface area (Å²) in [5.41, 5.74) is 1.89. The van der Waals surface area contributed by atoms with Crippen LogP contribution in [0.15, 0.2) is 43.0 Å². The maximum Gasteiger partial charge on any atom is 0.266 e. The van der Waals surface area contributed by atoms with Crippen LogP contribution in [0.2, 0.25) is 0 Å². The second kappa shape index (κ2) is 6.16. The Bertz CT molecular complexity index is 857. The summed E-state index contributed by atoms with van der Waals surface area (Å²) >= 11 is 1.40. The predicted octanol–water partition coefficient (Wildman–Crippen LogP) is 2.92. The van der Waals surface area contributed by atoms with E-state index in [1.807, 2.05) is 42.5 Å². The van der Waals surface area contributed by atoms with Crippen LogP contribution in [0.5, 0.6) is 0 Å². The van der Waals surface area contributed by atoms with Gasteiger partial charge in [0.2, 0.25) is 0 Å². The largest absolute Gasteiger partial charge is 0.331 e. The van der Waals surface area contributed by atoms with Crippen LogP contribution >= 0.6 is 11.3 Å². The number of aromatic nitrogens is 4. The fourth-order valence-electron chi connectivity index (χ4n) is 3.09. The highest BCUT2D eigenvalue weighted by Gasteiger charge is 2.32. The summed E-state index contributed by atoms with van der Waals surface area (Å²) in [6.07, 6.45) is 9.22. The van der Waals surface area contributed by atoms with Gasteiger partial charge in [0.15, 0.2) is 0 Å². The number of carbonyl (C=O) groups is 1. The Balaban J connectivity index is 1.58. The first-order valence-electron chi connectivity index (χ1n) is 7.89. The molecule has 1 amide bonds. The number of carbonyl (C=O) groups excluding carboxylic acids is 1. The van der Waals surface area contributed by atoms with Crippen LogP contribution in [0, 0.1) is 0 Å². The van der Waals surface area contributed by atoms with Crippen LogP contribution in [-0.4, -0.2) is 37.1 Å². The van der Waals surface area contributed by atoms with Gasteiger partial charge in [0, 0.05) is 31.5 Å². The molecule has 0 saturated carbocycles. The molecule has 1 atom stereocenters. The molecule has 0 spiro atoms. The van der Waals surface area contributed by atoms with Crippen molar-refractivity contribution in [1.29, 1.82) is 0 Å². The maximum absolute atomic E-state index is 12.9. The van der Waals surface area contributed by atoms with E-state index in [4.69, 9.17) is 0 Å². The van der Waals surface area contributed by atoms with E-state index >= 15 is 0 Å². The van der Waals surface area contributed by atoms with Crippen LogP contribution in [-0.2, 0) is 7.05 Å². The molecule has 1 aliphatic heterocycles. The van der Waals surface area contributed by atoms with Crippen molar-refractivity contribution in [2.45, 2.75) is 18.9 Å². The quantitative estimate of drug-likeness (QED) is 0.736. The molecular weight excluding hydrogens is 322 g/mol. The molecular formula is C17H17N5OS. The van der Waals surface area contributed by atoms with Gasteiger partial charge in [-0.25, -0.2) is 4.98 Å². The van der Waals surface area contributed by atoms with E-state index in [1.165, 1.54) is 11.3 Å². The minimum atomic E-state index is 0.0426. The molecule has 1 aliphatic rings. The number of nitrogens with zero attached hydrogens (tertiary/aromatic N) is 5. The van der Waals surface area contributed by atoms with Crippen LogP contribution in [0.3, 0.4) is 0 Å². The number of hydrogen-bond acceptors (Lipinski definition) is 5. The molecule has 3 aromatic heterocycles. The fourth-order valence-corrected chi connectivity index (χ4v) is 3.94. The third-order valence-corrected chi connectivity index (χ3v) is 5.23. The molecule has 4 heterocycles. The van der Waals surface area contributed by atoms with Gasteiger partial charge in [-0.3, -0.25) is 14.5 Å². The van der Waals surface area contributed by atoms with Crippen molar-refractivity contribution in [2.24, 2.45) is 7.05 Å². The summed E-state index contributed by atoms with van der Waals surface area (Å²) in [4.78, 5) is 24.2. The average Bonchev–Trinajstić information content (AvgIpc) is 3.35. The number of pyridine rings is 1. The predicted molar refractivity (Wildman–Crippen MR) is 91.6 cm³/mol. The van der Waals surface area contributed by atoms with Crippen molar-refractivity contribution in [3.8, 4) is 10.7 Å². The first-order chi connectivity index (χ1) is 11.7. The monoisotopic (exact) mass is 339 g/mol. The number of likely N-dealkylation sites (tertiary alicyclic amines) is 1. The lowest BCUT2D eigenvalue weighted by atomic mass is 10.1. The average molecular weight is 339 g/mol. The molecule has 0 unspecified atom stereocenters. The molecule has 4 rings (SSSR count). The van der Waals surface area contributed by atoms with Gasteiger partial charge in [-0.05, 0) is 25.0 Å². The Morgan fingerprint density at radius 2 is 2.21 bits per heavy atom. The molecule has 0 radical (unpaired) electrons. The van der Waals surface area contributed by atoms with Gasteiger partial charge in [0.1, 0.15) is 9.88 Å². The first kappa shape index (κ1) is 15.0. The number of amides is 1. The minimum absolute atomic E-state index is 0.0426. The van der Waals surface area contributed by atoms with Crippen molar-refractivity contribution < 1.29 is 4.79 Å². The van der Waals surface area contributed by atoms with Crippen LogP contribution in [0.1, 0.15) is 34.1 Å². The van der Waals surface area contributed by atoms with Gasteiger partial charge >= 0.3 is 0 Å². The zero-order valence-electron chi connectivity index (χ0n) is 13.3. The molecule has 0 N–H and O–H groups in total. The molecule has 0 bridgehead atoms. The second-order valence-electron chi connectivity index (χ2n) is 5.85. The molecule has 1 fully saturated rings. The Labute approximate surface area is 143 Å². The number of rotatable bonds is 3. The molecule has 0 aromatic carbocycles. The van der Waals surface area contributed by atoms with Gasteiger partial charge in [0.25, 0.3) is 5.91 Å². The van der Waals surface area contributed by atoms with Crippen LogP contribution in [0.4, 0.5) is 0 Å². The second-order valence-corrected chi connectivity index (χ2v) is 6.88. The lowest BCUT2D eigenvalue weighted by Crippen LogP contribution is -2.29. The van der Waals surface area contributed by atoms with Crippen LogP contribution < -0.4 is 0 Å². The summed E-state index contributed by atoms with van der Waals surface area (Å²) in [6.45, 7) is 0.773. The highest BCUT2D eigenvalue weighted by Crippen LogP contribution is 2.34. The van der Waals surface area contributed by atoms with Gasteiger partial charge < -0.3 is 4.90 Å². The van der Waals surface area contributed by atoms with E-state index in [2.05, 4.69) is 15.1 Å². The van der Waals surface area contributed by atoms with Crippen molar-refractivity contribution in [1.82, 2.24) is 24.6 Å². The van der Waals surface area contributed by atoms with Crippen LogP contribution in [0.25, 0.3) is 10.7 Å². The van der Waals surface area contributed by atoms with Crippen molar-refractivity contribution in [3.05, 3.63) is 53.4 Å². The van der Waals surface area contributed by atoms with E-state index in [0.717, 1.165) is 35.7 Å². The van der Waals surface area contributed by atoms with Crippen molar-refractivity contribution >= 4 is 17.2 Å². The molecule has 1 saturated heterocycles. The van der Waals surface area contributed by atoms with Gasteiger partial charge in [-0.1, -0.05) is 6.07 Å². The Morgan fingerprint density at radius 1 is 1.29 bits per heavy atom. The Morgan fingerprint density at radius 3 is 2.96 bits per heavy atom. The molecule has 7 heteroatoms. The summed E-state index contributed by atoms with van der Waals surface area (Å²) in [7, 11) is 1.90. The van der Waals surface area contributed by atoms with Crippen molar-refractivity contribution in [3.63, 3.8) is 0 Å². The van der Waals surface area contributed by atoms with E-state index in [1.54, 1.807) is 17.1 Å². The molecule has 3 aromatic rings. The molecule has 24 heavy (non-hydrogen) atoms. The van der Waals surface area contributed by atoms with Gasteiger partial charge in [-0.2, -0.15) is 5.10 Å². The zero-order chi connectivity index (χ0) is 16.5. The lowest BCUT2D eigenvalue weighted by Gasteiger charge is -2.23. The number of hydrogen-bond donors (Lipinski definition) is 0. The van der Waals surface area contributed by atoms with Gasteiger partial charge in [0.05, 0.1) is 24.1 Å². The lowest BCUT2D eigenvalue weighted by molar-refractivity contribution is 0.0740. The Kier molecular flexibility index (Phi) is 3.86. The minimum Gasteiger partial charge on any atom is -0.331 e. The summed E-state index contributed by atoms with van der Waals surface area (Å²) in [6, 6.07) is 5.80. The molecule has 122 valence electrons. The highest BCUT2D eigenvalue weighted by atomic mass is 32.1. The fraction of sp³-hybridized carbons (Fsp3) is 0.294. The first-order valence-corrected chi connectivity index (χ1v) is 8.71. The summed E-state index contributed by atoms with van der Waals surface area (Å²) < 4.78 is 1.78. The normalized spacial score (nSPS) is 17.4. The van der Waals surface area contributed by atoms with E-state index in [0.29, 0.717) is 4.88 Å². The highest BCUT2D eigenvalue weighted by molar-refractivity contribution is 7.16. The molecule has 0 aliphatic carbocycles.